The summed E-state index contributed by atoms with van der Waals surface area (Å²) in [5.74, 6) is 0. The summed E-state index contributed by atoms with van der Waals surface area (Å²) in [5, 5.41) is 0. The van der Waals surface area contributed by atoms with Crippen LogP contribution in [0.25, 0.3) is 0 Å². The second kappa shape index (κ2) is 5.65. The number of hydrogen-bond donors (Lipinski definition) is 2. The lowest BCUT2D eigenvalue weighted by Crippen LogP contribution is -2.48. The maximum atomic E-state index is 11.7. The Labute approximate surface area is 86.8 Å². The zero-order valence-corrected chi connectivity index (χ0v) is 10.1. The molecule has 0 heterocycles. The summed E-state index contributed by atoms with van der Waals surface area (Å²) in [4.78, 5) is 0. The first kappa shape index (κ1) is 13.8. The third kappa shape index (κ3) is 3.91. The van der Waals surface area contributed by atoms with Gasteiger partial charge in [0.25, 0.3) is 10.2 Å². The molecular formula is C8H21N3O2S. The van der Waals surface area contributed by atoms with Crippen LogP contribution in [0.2, 0.25) is 0 Å². The second-order valence-corrected chi connectivity index (χ2v) is 5.34. The average molecular weight is 223 g/mol. The van der Waals surface area contributed by atoms with Crippen LogP contribution in [0, 0.1) is 0 Å². The number of nitrogens with one attached hydrogen (secondary N) is 1. The van der Waals surface area contributed by atoms with E-state index in [4.69, 9.17) is 5.73 Å². The molecule has 0 spiro atoms. The quantitative estimate of drug-likeness (QED) is 0.660. The number of nitrogens with zero attached hydrogens (tertiary/aromatic N) is 1. The van der Waals surface area contributed by atoms with Crippen LogP contribution in [0.4, 0.5) is 0 Å². The third-order valence-electron chi connectivity index (χ3n) is 2.20. The van der Waals surface area contributed by atoms with Crippen molar-refractivity contribution < 1.29 is 8.42 Å². The minimum absolute atomic E-state index is 0.0530. The van der Waals surface area contributed by atoms with Crippen LogP contribution in [0.3, 0.4) is 0 Å². The fourth-order valence-electron chi connectivity index (χ4n) is 0.869. The lowest BCUT2D eigenvalue weighted by atomic mass is 10.2. The summed E-state index contributed by atoms with van der Waals surface area (Å²) in [7, 11) is -1.83. The van der Waals surface area contributed by atoms with E-state index in [1.807, 2.05) is 20.8 Å². The Balaban J connectivity index is 4.48. The predicted octanol–water partition coefficient (Wildman–Crippen LogP) is -0.102. The lowest BCUT2D eigenvalue weighted by molar-refractivity contribution is 0.394. The first-order valence-electron chi connectivity index (χ1n) is 4.80. The van der Waals surface area contributed by atoms with Gasteiger partial charge in [-0.2, -0.15) is 17.4 Å². The van der Waals surface area contributed by atoms with E-state index < -0.39 is 10.2 Å². The van der Waals surface area contributed by atoms with Crippen LogP contribution in [-0.4, -0.2) is 38.4 Å². The number of nitrogens with two attached hydrogens (primary N) is 1. The van der Waals surface area contributed by atoms with Crippen molar-refractivity contribution in [2.75, 3.05) is 13.6 Å². The highest BCUT2D eigenvalue weighted by Gasteiger charge is 2.22. The van der Waals surface area contributed by atoms with Gasteiger partial charge in [0.15, 0.2) is 0 Å². The van der Waals surface area contributed by atoms with Gasteiger partial charge in [0.05, 0.1) is 0 Å². The van der Waals surface area contributed by atoms with Crippen LogP contribution in [0.1, 0.15) is 27.2 Å². The molecule has 0 aromatic rings. The SMILES string of the molecule is CCC(CN)NS(=O)(=O)N(C)C(C)C. The predicted molar refractivity (Wildman–Crippen MR) is 58.1 cm³/mol. The monoisotopic (exact) mass is 223 g/mol. The van der Waals surface area contributed by atoms with Gasteiger partial charge in [0.1, 0.15) is 0 Å². The lowest BCUT2D eigenvalue weighted by Gasteiger charge is -2.24. The fourth-order valence-corrected chi connectivity index (χ4v) is 2.27. The van der Waals surface area contributed by atoms with E-state index in [0.29, 0.717) is 13.0 Å². The summed E-state index contributed by atoms with van der Waals surface area (Å²) >= 11 is 0. The van der Waals surface area contributed by atoms with Gasteiger partial charge in [-0.05, 0) is 20.3 Å². The van der Waals surface area contributed by atoms with E-state index in [1.165, 1.54) is 4.31 Å². The first-order valence-corrected chi connectivity index (χ1v) is 6.24. The average Bonchev–Trinajstić information content (AvgIpc) is 2.12. The molecule has 0 amide bonds. The van der Waals surface area contributed by atoms with E-state index in [9.17, 15) is 8.42 Å². The van der Waals surface area contributed by atoms with E-state index >= 15 is 0 Å². The van der Waals surface area contributed by atoms with E-state index in [-0.39, 0.29) is 12.1 Å². The van der Waals surface area contributed by atoms with E-state index in [1.54, 1.807) is 7.05 Å². The molecular weight excluding hydrogens is 202 g/mol. The van der Waals surface area contributed by atoms with Gasteiger partial charge < -0.3 is 5.73 Å². The largest absolute Gasteiger partial charge is 0.329 e. The molecule has 0 rings (SSSR count). The van der Waals surface area contributed by atoms with Gasteiger partial charge in [-0.15, -0.1) is 0 Å². The molecule has 6 heteroatoms. The highest BCUT2D eigenvalue weighted by atomic mass is 32.2. The number of hydrogen-bond acceptors (Lipinski definition) is 3. The Morgan fingerprint density at radius 2 is 1.93 bits per heavy atom. The zero-order valence-electron chi connectivity index (χ0n) is 9.32. The van der Waals surface area contributed by atoms with Crippen molar-refractivity contribution in [1.29, 1.82) is 0 Å². The summed E-state index contributed by atoms with van der Waals surface area (Å²) in [6.07, 6.45) is 0.696. The Bertz CT molecular complexity index is 247. The van der Waals surface area contributed by atoms with Crippen molar-refractivity contribution in [2.24, 2.45) is 5.73 Å². The highest BCUT2D eigenvalue weighted by Crippen LogP contribution is 2.02. The molecule has 0 aliphatic carbocycles. The van der Waals surface area contributed by atoms with Gasteiger partial charge in [-0.1, -0.05) is 6.92 Å². The van der Waals surface area contributed by atoms with Crippen molar-refractivity contribution in [1.82, 2.24) is 9.03 Å². The molecule has 0 aliphatic heterocycles. The Morgan fingerprint density at radius 1 is 1.43 bits per heavy atom. The molecule has 0 fully saturated rings. The standard InChI is InChI=1S/C8H21N3O2S/c1-5-8(6-9)10-14(12,13)11(4)7(2)3/h7-8,10H,5-6,9H2,1-4H3. The smallest absolute Gasteiger partial charge is 0.279 e. The zero-order chi connectivity index (χ0) is 11.4. The molecule has 1 unspecified atom stereocenters. The fraction of sp³-hybridized carbons (Fsp3) is 1.00. The molecule has 5 nitrogen and oxygen atoms in total. The Kier molecular flexibility index (Phi) is 5.58. The van der Waals surface area contributed by atoms with Crippen LogP contribution < -0.4 is 10.5 Å². The van der Waals surface area contributed by atoms with Crippen LogP contribution >= 0.6 is 0 Å². The van der Waals surface area contributed by atoms with Crippen LogP contribution in [0.5, 0.6) is 0 Å². The molecule has 0 saturated carbocycles. The maximum absolute atomic E-state index is 11.7. The van der Waals surface area contributed by atoms with Crippen LogP contribution in [-0.2, 0) is 10.2 Å². The van der Waals surface area contributed by atoms with Gasteiger partial charge in [0.2, 0.25) is 0 Å². The van der Waals surface area contributed by atoms with Gasteiger partial charge in [-0.3, -0.25) is 0 Å². The molecule has 86 valence electrons. The second-order valence-electron chi connectivity index (χ2n) is 3.57. The maximum Gasteiger partial charge on any atom is 0.279 e. The molecule has 0 saturated heterocycles. The summed E-state index contributed by atoms with van der Waals surface area (Å²) < 4.78 is 27.2. The number of rotatable bonds is 6. The minimum atomic E-state index is -3.38. The molecule has 0 radical (unpaired) electrons. The van der Waals surface area contributed by atoms with Crippen molar-refractivity contribution in [3.8, 4) is 0 Å². The van der Waals surface area contributed by atoms with E-state index in [2.05, 4.69) is 4.72 Å². The van der Waals surface area contributed by atoms with E-state index in [0.717, 1.165) is 0 Å². The third-order valence-corrected chi connectivity index (χ3v) is 4.01. The van der Waals surface area contributed by atoms with Gasteiger partial charge >= 0.3 is 0 Å². The van der Waals surface area contributed by atoms with Crippen LogP contribution in [0.15, 0.2) is 0 Å². The summed E-state index contributed by atoms with van der Waals surface area (Å²) in [6, 6.07) is -0.232. The van der Waals surface area contributed by atoms with Crippen molar-refractivity contribution >= 4 is 10.2 Å². The topological polar surface area (TPSA) is 75.4 Å². The Morgan fingerprint density at radius 3 is 2.21 bits per heavy atom. The molecule has 14 heavy (non-hydrogen) atoms. The van der Waals surface area contributed by atoms with Crippen molar-refractivity contribution in [3.63, 3.8) is 0 Å². The molecule has 0 aliphatic rings. The minimum Gasteiger partial charge on any atom is -0.329 e. The molecule has 0 bridgehead atoms. The van der Waals surface area contributed by atoms with Gasteiger partial charge in [0, 0.05) is 25.7 Å². The van der Waals surface area contributed by atoms with Gasteiger partial charge in [-0.25, -0.2) is 0 Å². The summed E-state index contributed by atoms with van der Waals surface area (Å²) in [5.41, 5.74) is 5.42. The molecule has 3 N–H and O–H groups in total. The summed E-state index contributed by atoms with van der Waals surface area (Å²) in [6.45, 7) is 5.86. The molecule has 1 atom stereocenters. The van der Waals surface area contributed by atoms with Crippen molar-refractivity contribution in [2.45, 2.75) is 39.3 Å². The first-order chi connectivity index (χ1) is 6.35. The molecule has 0 aromatic carbocycles. The Hall–Kier alpha value is -0.170. The highest BCUT2D eigenvalue weighted by molar-refractivity contribution is 7.87. The van der Waals surface area contributed by atoms with Crippen molar-refractivity contribution in [3.05, 3.63) is 0 Å². The normalized spacial score (nSPS) is 15.1. The molecule has 0 aromatic heterocycles.